The van der Waals surface area contributed by atoms with Gasteiger partial charge in [0.2, 0.25) is 0 Å². The van der Waals surface area contributed by atoms with Crippen LogP contribution in [-0.2, 0) is 0 Å². The highest BCUT2D eigenvalue weighted by Gasteiger charge is 1.93. The van der Waals surface area contributed by atoms with Crippen molar-refractivity contribution >= 4 is 35.4 Å². The van der Waals surface area contributed by atoms with Crippen molar-refractivity contribution in [3.63, 3.8) is 0 Å². The molecule has 1 aromatic rings. The van der Waals surface area contributed by atoms with Crippen LogP contribution < -0.4 is 5.43 Å². The molecule has 0 aromatic heterocycles. The van der Waals surface area contributed by atoms with Gasteiger partial charge in [0, 0.05) is 5.02 Å². The molecule has 1 rings (SSSR count). The van der Waals surface area contributed by atoms with Crippen LogP contribution in [0.4, 0.5) is 5.69 Å². The SMILES string of the molecule is O/N=C/C(/C=N/O)=NNc1ccc(Cl)cc1. The standard InChI is InChI=1S/C9H9ClN4O2/c10-7-1-3-8(4-2-7)13-14-9(5-11-15)6-12-16/h1-6,13,15-16H/b11-5+,12-6+. The molecule has 0 atom stereocenters. The highest BCUT2D eigenvalue weighted by molar-refractivity contribution is 6.55. The number of nitrogens with one attached hydrogen (secondary N) is 1. The van der Waals surface area contributed by atoms with Crippen LogP contribution in [0, 0.1) is 0 Å². The third-order valence-corrected chi connectivity index (χ3v) is 1.79. The molecule has 1 aromatic carbocycles. The first-order valence-electron chi connectivity index (χ1n) is 4.20. The van der Waals surface area contributed by atoms with Gasteiger partial charge in [-0.25, -0.2) is 0 Å². The third-order valence-electron chi connectivity index (χ3n) is 1.54. The van der Waals surface area contributed by atoms with Gasteiger partial charge in [-0.3, -0.25) is 5.43 Å². The Morgan fingerprint density at radius 2 is 1.69 bits per heavy atom. The summed E-state index contributed by atoms with van der Waals surface area (Å²) in [7, 11) is 0. The molecule has 0 spiro atoms. The molecule has 16 heavy (non-hydrogen) atoms. The Morgan fingerprint density at radius 1 is 1.12 bits per heavy atom. The average Bonchev–Trinajstić information content (AvgIpc) is 2.29. The van der Waals surface area contributed by atoms with Crippen molar-refractivity contribution < 1.29 is 10.4 Å². The Morgan fingerprint density at radius 3 is 2.19 bits per heavy atom. The lowest BCUT2D eigenvalue weighted by molar-refractivity contribution is 0.321. The number of anilines is 1. The quantitative estimate of drug-likeness (QED) is 0.427. The molecule has 3 N–H and O–H groups in total. The van der Waals surface area contributed by atoms with Crippen molar-refractivity contribution in [3.05, 3.63) is 29.3 Å². The summed E-state index contributed by atoms with van der Waals surface area (Å²) < 4.78 is 0. The van der Waals surface area contributed by atoms with Gasteiger partial charge in [0.25, 0.3) is 0 Å². The number of hydrazone groups is 1. The molecule has 0 radical (unpaired) electrons. The van der Waals surface area contributed by atoms with Gasteiger partial charge in [-0.05, 0) is 24.3 Å². The predicted octanol–water partition coefficient (Wildman–Crippen LogP) is 2.03. The minimum Gasteiger partial charge on any atom is -0.411 e. The predicted molar refractivity (Wildman–Crippen MR) is 63.1 cm³/mol. The van der Waals surface area contributed by atoms with E-state index in [4.69, 9.17) is 22.0 Å². The van der Waals surface area contributed by atoms with Gasteiger partial charge in [-0.2, -0.15) is 5.10 Å². The van der Waals surface area contributed by atoms with Crippen molar-refractivity contribution in [2.24, 2.45) is 15.4 Å². The molecule has 0 aliphatic rings. The minimum absolute atomic E-state index is 0.153. The van der Waals surface area contributed by atoms with Crippen molar-refractivity contribution in [1.82, 2.24) is 0 Å². The van der Waals surface area contributed by atoms with Gasteiger partial charge in [0.05, 0.1) is 18.1 Å². The maximum Gasteiger partial charge on any atom is 0.126 e. The van der Waals surface area contributed by atoms with Crippen LogP contribution >= 0.6 is 11.6 Å². The van der Waals surface area contributed by atoms with Crippen molar-refractivity contribution in [1.29, 1.82) is 0 Å². The Balaban J connectivity index is 2.72. The second kappa shape index (κ2) is 6.41. The van der Waals surface area contributed by atoms with Gasteiger partial charge in [0.15, 0.2) is 0 Å². The van der Waals surface area contributed by atoms with Gasteiger partial charge < -0.3 is 10.4 Å². The monoisotopic (exact) mass is 240 g/mol. The van der Waals surface area contributed by atoms with Crippen molar-refractivity contribution in [3.8, 4) is 0 Å². The molecule has 0 saturated carbocycles. The zero-order chi connectivity index (χ0) is 11.8. The van der Waals surface area contributed by atoms with Crippen LogP contribution in [0.1, 0.15) is 0 Å². The van der Waals surface area contributed by atoms with Crippen molar-refractivity contribution in [2.45, 2.75) is 0 Å². The molecule has 0 fully saturated rings. The second-order valence-corrected chi connectivity index (χ2v) is 3.08. The molecule has 0 amide bonds. The normalized spacial score (nSPS) is 10.8. The number of nitrogens with zero attached hydrogens (tertiary/aromatic N) is 3. The maximum absolute atomic E-state index is 8.30. The summed E-state index contributed by atoms with van der Waals surface area (Å²) in [5.41, 5.74) is 3.51. The van der Waals surface area contributed by atoms with E-state index < -0.39 is 0 Å². The number of hydrogen-bond acceptors (Lipinski definition) is 6. The summed E-state index contributed by atoms with van der Waals surface area (Å²) >= 11 is 5.70. The zero-order valence-electron chi connectivity index (χ0n) is 8.08. The first-order chi connectivity index (χ1) is 7.76. The largest absolute Gasteiger partial charge is 0.411 e. The minimum atomic E-state index is 0.153. The van der Waals surface area contributed by atoms with Gasteiger partial charge in [0.1, 0.15) is 5.71 Å². The van der Waals surface area contributed by atoms with Crippen LogP contribution in [0.3, 0.4) is 0 Å². The second-order valence-electron chi connectivity index (χ2n) is 2.64. The van der Waals surface area contributed by atoms with E-state index in [0.29, 0.717) is 10.7 Å². The highest BCUT2D eigenvalue weighted by atomic mass is 35.5. The van der Waals surface area contributed by atoms with E-state index >= 15 is 0 Å². The maximum atomic E-state index is 8.30. The van der Waals surface area contributed by atoms with Crippen LogP contribution in [0.2, 0.25) is 5.02 Å². The molecule has 0 saturated heterocycles. The zero-order valence-corrected chi connectivity index (χ0v) is 8.83. The lowest BCUT2D eigenvalue weighted by atomic mass is 10.3. The molecule has 0 heterocycles. The molecular formula is C9H9ClN4O2. The molecule has 0 unspecified atom stereocenters. The smallest absolute Gasteiger partial charge is 0.126 e. The van der Waals surface area contributed by atoms with E-state index in [-0.39, 0.29) is 5.71 Å². The van der Waals surface area contributed by atoms with Gasteiger partial charge in [-0.1, -0.05) is 21.9 Å². The summed E-state index contributed by atoms with van der Waals surface area (Å²) in [6.07, 6.45) is 2.03. The summed E-state index contributed by atoms with van der Waals surface area (Å²) in [4.78, 5) is 0. The Bertz CT molecular complexity index is 400. The van der Waals surface area contributed by atoms with Gasteiger partial charge >= 0.3 is 0 Å². The Hall–Kier alpha value is -2.08. The van der Waals surface area contributed by atoms with E-state index in [2.05, 4.69) is 20.8 Å². The summed E-state index contributed by atoms with van der Waals surface area (Å²) in [6.45, 7) is 0. The Labute approximate surface area is 96.5 Å². The topological polar surface area (TPSA) is 89.6 Å². The Kier molecular flexibility index (Phi) is 4.81. The summed E-state index contributed by atoms with van der Waals surface area (Å²) in [6, 6.07) is 6.82. The third kappa shape index (κ3) is 3.97. The van der Waals surface area contributed by atoms with E-state index in [9.17, 15) is 0 Å². The first kappa shape index (κ1) is 12.0. The number of hydrogen-bond donors (Lipinski definition) is 3. The lowest BCUT2D eigenvalue weighted by Crippen LogP contribution is -2.05. The first-order valence-corrected chi connectivity index (χ1v) is 4.58. The van der Waals surface area contributed by atoms with E-state index in [1.807, 2.05) is 0 Å². The summed E-state index contributed by atoms with van der Waals surface area (Å²) in [5, 5.41) is 26.5. The van der Waals surface area contributed by atoms with Crippen LogP contribution in [-0.4, -0.2) is 28.6 Å². The molecule has 84 valence electrons. The number of rotatable bonds is 4. The van der Waals surface area contributed by atoms with Crippen LogP contribution in [0.25, 0.3) is 0 Å². The molecule has 0 aliphatic heterocycles. The molecule has 6 nitrogen and oxygen atoms in total. The number of oxime groups is 2. The fourth-order valence-corrected chi connectivity index (χ4v) is 0.989. The molecular weight excluding hydrogens is 232 g/mol. The average molecular weight is 241 g/mol. The fourth-order valence-electron chi connectivity index (χ4n) is 0.863. The number of benzene rings is 1. The van der Waals surface area contributed by atoms with Crippen LogP contribution in [0.5, 0.6) is 0 Å². The lowest BCUT2D eigenvalue weighted by Gasteiger charge is -1.99. The van der Waals surface area contributed by atoms with E-state index in [1.54, 1.807) is 24.3 Å². The van der Waals surface area contributed by atoms with Crippen LogP contribution in [0.15, 0.2) is 39.7 Å². The number of halogens is 1. The van der Waals surface area contributed by atoms with Crippen molar-refractivity contribution in [2.75, 3.05) is 5.43 Å². The molecule has 7 heteroatoms. The fraction of sp³-hybridized carbons (Fsp3) is 0. The van der Waals surface area contributed by atoms with Gasteiger partial charge in [-0.15, -0.1) is 0 Å². The van der Waals surface area contributed by atoms with E-state index in [0.717, 1.165) is 12.4 Å². The molecule has 0 bridgehead atoms. The van der Waals surface area contributed by atoms with E-state index in [1.165, 1.54) is 0 Å². The highest BCUT2D eigenvalue weighted by Crippen LogP contribution is 2.12. The molecule has 0 aliphatic carbocycles. The summed E-state index contributed by atoms with van der Waals surface area (Å²) in [5.74, 6) is 0.